The van der Waals surface area contributed by atoms with Gasteiger partial charge in [-0.15, -0.1) is 0 Å². The lowest BCUT2D eigenvalue weighted by molar-refractivity contribution is -0.142. The fourth-order valence-electron chi connectivity index (χ4n) is 2.92. The van der Waals surface area contributed by atoms with Gasteiger partial charge in [0.15, 0.2) is 0 Å². The average Bonchev–Trinajstić information content (AvgIpc) is 2.78. The lowest BCUT2D eigenvalue weighted by Crippen LogP contribution is -2.41. The summed E-state index contributed by atoms with van der Waals surface area (Å²) in [5.74, 6) is -1.11. The highest BCUT2D eigenvalue weighted by molar-refractivity contribution is 6.39. The van der Waals surface area contributed by atoms with E-state index in [1.807, 2.05) is 37.3 Å². The van der Waals surface area contributed by atoms with Crippen LogP contribution in [0.5, 0.6) is 0 Å². The monoisotopic (exact) mass is 479 g/mol. The van der Waals surface area contributed by atoms with Crippen LogP contribution in [0, 0.1) is 0 Å². The molecule has 2 aromatic carbocycles. The second-order valence-electron chi connectivity index (χ2n) is 6.96. The van der Waals surface area contributed by atoms with Gasteiger partial charge in [0, 0.05) is 7.11 Å². The van der Waals surface area contributed by atoms with Crippen molar-refractivity contribution < 1.29 is 23.8 Å². The molecular weight excluding hydrogens is 453 g/mol. The van der Waals surface area contributed by atoms with Crippen LogP contribution >= 0.6 is 23.2 Å². The Morgan fingerprint density at radius 2 is 1.69 bits per heavy atom. The first-order chi connectivity index (χ1) is 15.4. The Labute approximate surface area is 198 Å². The molecular formula is C24H27Cl2NO5. The van der Waals surface area contributed by atoms with E-state index in [0.29, 0.717) is 13.2 Å². The number of methoxy groups -OCH3 is 2. The van der Waals surface area contributed by atoms with Gasteiger partial charge in [-0.25, -0.2) is 4.79 Å². The molecule has 2 rings (SSSR count). The Morgan fingerprint density at radius 3 is 2.28 bits per heavy atom. The highest BCUT2D eigenvalue weighted by atomic mass is 35.5. The first kappa shape index (κ1) is 25.9. The summed E-state index contributed by atoms with van der Waals surface area (Å²) in [6.07, 6.45) is 3.85. The number of rotatable bonds is 11. The Kier molecular flexibility index (Phi) is 10.7. The van der Waals surface area contributed by atoms with Crippen LogP contribution in [0.4, 0.5) is 0 Å². The summed E-state index contributed by atoms with van der Waals surface area (Å²) in [6, 6.07) is 11.7. The first-order valence-electron chi connectivity index (χ1n) is 10.1. The van der Waals surface area contributed by atoms with Gasteiger partial charge >= 0.3 is 5.97 Å². The maximum absolute atomic E-state index is 12.6. The van der Waals surface area contributed by atoms with E-state index in [-0.39, 0.29) is 28.1 Å². The van der Waals surface area contributed by atoms with E-state index < -0.39 is 17.9 Å². The number of ether oxygens (including phenoxy) is 3. The topological polar surface area (TPSA) is 73.9 Å². The Bertz CT molecular complexity index is 910. The zero-order chi connectivity index (χ0) is 23.5. The molecule has 1 amide bonds. The van der Waals surface area contributed by atoms with Gasteiger partial charge in [0.05, 0.1) is 42.0 Å². The van der Waals surface area contributed by atoms with Crippen molar-refractivity contribution in [3.05, 3.63) is 75.3 Å². The van der Waals surface area contributed by atoms with Crippen molar-refractivity contribution in [3.8, 4) is 0 Å². The SMILES string of the molecule is COCCOC(C)c1ccc(/C=C/CC(NC(=O)c2c(Cl)cccc2Cl)C(=O)OC)cc1. The van der Waals surface area contributed by atoms with Gasteiger partial charge in [-0.05, 0) is 36.6 Å². The molecule has 0 aliphatic heterocycles. The number of esters is 1. The molecule has 0 radical (unpaired) electrons. The number of hydrogen-bond donors (Lipinski definition) is 1. The largest absolute Gasteiger partial charge is 0.467 e. The molecule has 2 aromatic rings. The zero-order valence-electron chi connectivity index (χ0n) is 18.3. The van der Waals surface area contributed by atoms with E-state index in [4.69, 9.17) is 37.4 Å². The molecule has 0 spiro atoms. The van der Waals surface area contributed by atoms with Gasteiger partial charge in [0.2, 0.25) is 0 Å². The number of benzene rings is 2. The molecule has 0 saturated heterocycles. The molecule has 1 N–H and O–H groups in total. The molecule has 0 heterocycles. The van der Waals surface area contributed by atoms with E-state index in [2.05, 4.69) is 5.32 Å². The van der Waals surface area contributed by atoms with Gasteiger partial charge in [0.1, 0.15) is 6.04 Å². The fourth-order valence-corrected chi connectivity index (χ4v) is 3.49. The maximum Gasteiger partial charge on any atom is 0.328 e. The van der Waals surface area contributed by atoms with E-state index >= 15 is 0 Å². The van der Waals surface area contributed by atoms with E-state index in [1.54, 1.807) is 31.4 Å². The molecule has 0 fully saturated rings. The van der Waals surface area contributed by atoms with Crippen molar-refractivity contribution in [2.24, 2.45) is 0 Å². The minimum absolute atomic E-state index is 0.0428. The van der Waals surface area contributed by atoms with Crippen LogP contribution in [0.1, 0.15) is 40.9 Å². The predicted octanol–water partition coefficient (Wildman–Crippen LogP) is 5.09. The third-order valence-electron chi connectivity index (χ3n) is 4.72. The number of carbonyl (C=O) groups is 2. The molecule has 0 aliphatic rings. The summed E-state index contributed by atoms with van der Waals surface area (Å²) in [5, 5.41) is 3.05. The van der Waals surface area contributed by atoms with Crippen molar-refractivity contribution in [1.82, 2.24) is 5.32 Å². The van der Waals surface area contributed by atoms with Crippen molar-refractivity contribution >= 4 is 41.2 Å². The molecule has 0 aromatic heterocycles. The molecule has 32 heavy (non-hydrogen) atoms. The average molecular weight is 480 g/mol. The van der Waals surface area contributed by atoms with Crippen LogP contribution in [0.25, 0.3) is 6.08 Å². The van der Waals surface area contributed by atoms with Gasteiger partial charge in [-0.2, -0.15) is 0 Å². The summed E-state index contributed by atoms with van der Waals surface area (Å²) in [5.41, 5.74) is 2.11. The van der Waals surface area contributed by atoms with Crippen LogP contribution in [-0.4, -0.2) is 45.4 Å². The van der Waals surface area contributed by atoms with E-state index in [0.717, 1.165) is 11.1 Å². The van der Waals surface area contributed by atoms with Crippen LogP contribution < -0.4 is 5.32 Å². The molecule has 0 bridgehead atoms. The molecule has 8 heteroatoms. The standard InChI is InChI=1S/C24H27Cl2NO5/c1-16(32-15-14-30-2)18-12-10-17(11-13-18)6-4-9-21(24(29)31-3)27-23(28)22-19(25)7-5-8-20(22)26/h4-8,10-13,16,21H,9,14-15H2,1-3H3,(H,27,28)/b6-4+. The normalized spacial score (nSPS) is 13.0. The molecule has 172 valence electrons. The highest BCUT2D eigenvalue weighted by Gasteiger charge is 2.23. The number of hydrogen-bond acceptors (Lipinski definition) is 5. The van der Waals surface area contributed by atoms with E-state index in [1.165, 1.54) is 7.11 Å². The van der Waals surface area contributed by atoms with Crippen LogP contribution in [0.2, 0.25) is 10.0 Å². The Hall–Kier alpha value is -2.38. The molecule has 0 saturated carbocycles. The van der Waals surface area contributed by atoms with Crippen molar-refractivity contribution in [2.45, 2.75) is 25.5 Å². The summed E-state index contributed by atoms with van der Waals surface area (Å²) < 4.78 is 15.5. The summed E-state index contributed by atoms with van der Waals surface area (Å²) in [7, 11) is 2.90. The lowest BCUT2D eigenvalue weighted by Gasteiger charge is -2.16. The zero-order valence-corrected chi connectivity index (χ0v) is 19.8. The molecule has 2 atom stereocenters. The summed E-state index contributed by atoms with van der Waals surface area (Å²) in [6.45, 7) is 3.06. The van der Waals surface area contributed by atoms with Crippen LogP contribution in [0.3, 0.4) is 0 Å². The minimum atomic E-state index is -0.885. The summed E-state index contributed by atoms with van der Waals surface area (Å²) in [4.78, 5) is 24.8. The second kappa shape index (κ2) is 13.2. The third-order valence-corrected chi connectivity index (χ3v) is 5.35. The van der Waals surface area contributed by atoms with Gasteiger partial charge in [0.25, 0.3) is 5.91 Å². The second-order valence-corrected chi connectivity index (χ2v) is 7.77. The number of amides is 1. The summed E-state index contributed by atoms with van der Waals surface area (Å²) >= 11 is 12.2. The minimum Gasteiger partial charge on any atom is -0.467 e. The third kappa shape index (κ3) is 7.64. The van der Waals surface area contributed by atoms with Crippen LogP contribution in [0.15, 0.2) is 48.5 Å². The van der Waals surface area contributed by atoms with Gasteiger partial charge in [-0.1, -0.05) is 65.7 Å². The predicted molar refractivity (Wildman–Crippen MR) is 126 cm³/mol. The molecule has 6 nitrogen and oxygen atoms in total. The Morgan fingerprint density at radius 1 is 1.03 bits per heavy atom. The number of nitrogens with one attached hydrogen (secondary N) is 1. The van der Waals surface area contributed by atoms with Crippen LogP contribution in [-0.2, 0) is 19.0 Å². The lowest BCUT2D eigenvalue weighted by atomic mass is 10.1. The molecule has 0 aliphatic carbocycles. The highest BCUT2D eigenvalue weighted by Crippen LogP contribution is 2.24. The number of carbonyl (C=O) groups excluding carboxylic acids is 2. The van der Waals surface area contributed by atoms with E-state index in [9.17, 15) is 9.59 Å². The Balaban J connectivity index is 2.01. The molecule has 2 unspecified atom stereocenters. The quantitative estimate of drug-likeness (QED) is 0.358. The van der Waals surface area contributed by atoms with Gasteiger partial charge in [-0.3, -0.25) is 4.79 Å². The smallest absolute Gasteiger partial charge is 0.328 e. The van der Waals surface area contributed by atoms with Crippen molar-refractivity contribution in [2.75, 3.05) is 27.4 Å². The first-order valence-corrected chi connectivity index (χ1v) is 10.8. The fraction of sp³-hybridized carbons (Fsp3) is 0.333. The van der Waals surface area contributed by atoms with Gasteiger partial charge < -0.3 is 19.5 Å². The maximum atomic E-state index is 12.6. The van der Waals surface area contributed by atoms with Crippen molar-refractivity contribution in [3.63, 3.8) is 0 Å². The number of halogens is 2. The van der Waals surface area contributed by atoms with Crippen molar-refractivity contribution in [1.29, 1.82) is 0 Å².